The molecule has 2 fully saturated rings. The van der Waals surface area contributed by atoms with E-state index in [-0.39, 0.29) is 24.4 Å². The van der Waals surface area contributed by atoms with Crippen LogP contribution < -0.4 is 4.74 Å². The average Bonchev–Trinajstić information content (AvgIpc) is 3.28. The highest BCUT2D eigenvalue weighted by atomic mass is 35.5. The number of unbranched alkanes of at least 4 members (excludes halogenated alkanes) is 3. The molecule has 0 bridgehead atoms. The number of nitrogens with zero attached hydrogens (tertiary/aromatic N) is 1. The zero-order chi connectivity index (χ0) is 26.1. The quantitative estimate of drug-likeness (QED) is 0.215. The minimum atomic E-state index is -0.667. The van der Waals surface area contributed by atoms with Crippen molar-refractivity contribution in [2.75, 3.05) is 26.7 Å². The molecule has 4 N–H and O–H groups in total. The Balaban J connectivity index is 1.30. The minimum Gasteiger partial charge on any atom is -0.491 e. The van der Waals surface area contributed by atoms with Crippen LogP contribution in [0.3, 0.4) is 0 Å². The van der Waals surface area contributed by atoms with Crippen LogP contribution in [0, 0.1) is 11.8 Å². The molecular weight excluding hydrogens is 486 g/mol. The first-order valence-corrected chi connectivity index (χ1v) is 13.6. The van der Waals surface area contributed by atoms with Crippen LogP contribution in [0.2, 0.25) is 5.02 Å². The molecule has 1 aliphatic carbocycles. The Bertz CT molecular complexity index is 812. The van der Waals surface area contributed by atoms with E-state index in [4.69, 9.17) is 21.1 Å². The number of likely N-dealkylation sites (tertiary alicyclic amines) is 1. The summed E-state index contributed by atoms with van der Waals surface area (Å²) in [6.45, 7) is 1.24. The SMILES string of the molecule is CN1CC(OC(=O)CCCCCC[C@@H]2[C@@H](CC[C@@H](O)COc3cccc(Cl)c3)[C@H](O)C[C@@H]2O)[C@H](O)C1. The van der Waals surface area contributed by atoms with Crippen molar-refractivity contribution in [2.45, 2.75) is 88.3 Å². The molecule has 9 heteroatoms. The van der Waals surface area contributed by atoms with E-state index in [2.05, 4.69) is 0 Å². The molecule has 1 aromatic rings. The van der Waals surface area contributed by atoms with Gasteiger partial charge in [0.1, 0.15) is 24.6 Å². The van der Waals surface area contributed by atoms with E-state index in [0.29, 0.717) is 49.5 Å². The third-order valence-corrected chi connectivity index (χ3v) is 7.70. The van der Waals surface area contributed by atoms with Gasteiger partial charge in [-0.15, -0.1) is 0 Å². The third-order valence-electron chi connectivity index (χ3n) is 7.46. The second-order valence-electron chi connectivity index (χ2n) is 10.5. The molecule has 1 heterocycles. The summed E-state index contributed by atoms with van der Waals surface area (Å²) in [5.41, 5.74) is 0. The lowest BCUT2D eigenvalue weighted by molar-refractivity contribution is -0.152. The molecule has 204 valence electrons. The highest BCUT2D eigenvalue weighted by Crippen LogP contribution is 2.39. The summed E-state index contributed by atoms with van der Waals surface area (Å²) in [6, 6.07) is 7.03. The standard InChI is InChI=1S/C27H42ClNO7/c1-29-15-25(33)26(16-29)36-27(34)10-5-3-2-4-9-21-22(24(32)14-23(21)31)12-11-19(30)17-35-20-8-6-7-18(28)13-20/h6-8,13,19,21-26,30-33H,2-5,9-12,14-17H2,1H3/t19-,21-,22-,23+,24-,25-,26?/m1/s1. The Morgan fingerprint density at radius 1 is 1.06 bits per heavy atom. The molecule has 1 saturated carbocycles. The number of β-amino-alcohol motifs (C(OH)–C–C–N with tert-alkyl or cyclic N) is 1. The van der Waals surface area contributed by atoms with Crippen LogP contribution in [0.1, 0.15) is 57.8 Å². The maximum Gasteiger partial charge on any atom is 0.306 e. The molecule has 8 nitrogen and oxygen atoms in total. The van der Waals surface area contributed by atoms with Crippen molar-refractivity contribution in [1.82, 2.24) is 4.90 Å². The van der Waals surface area contributed by atoms with Crippen molar-refractivity contribution in [3.05, 3.63) is 29.3 Å². The van der Waals surface area contributed by atoms with Crippen molar-refractivity contribution >= 4 is 17.6 Å². The van der Waals surface area contributed by atoms with E-state index in [9.17, 15) is 25.2 Å². The number of likely N-dealkylation sites (N-methyl/N-ethyl adjacent to an activating group) is 1. The number of halogens is 1. The third kappa shape index (κ3) is 9.15. The van der Waals surface area contributed by atoms with Crippen LogP contribution in [0.5, 0.6) is 5.75 Å². The Kier molecular flexibility index (Phi) is 11.7. The monoisotopic (exact) mass is 527 g/mol. The zero-order valence-corrected chi connectivity index (χ0v) is 21.9. The van der Waals surface area contributed by atoms with Gasteiger partial charge < -0.3 is 29.9 Å². The largest absolute Gasteiger partial charge is 0.491 e. The summed E-state index contributed by atoms with van der Waals surface area (Å²) in [4.78, 5) is 14.0. The number of aliphatic hydroxyl groups is 4. The van der Waals surface area contributed by atoms with E-state index in [0.717, 1.165) is 32.1 Å². The number of rotatable bonds is 14. The van der Waals surface area contributed by atoms with Crippen LogP contribution in [0.15, 0.2) is 24.3 Å². The molecule has 2 aliphatic rings. The number of carbonyl (C=O) groups excluding carboxylic acids is 1. The van der Waals surface area contributed by atoms with Gasteiger partial charge in [0.2, 0.25) is 0 Å². The van der Waals surface area contributed by atoms with E-state index < -0.39 is 30.5 Å². The Labute approximate surface area is 219 Å². The van der Waals surface area contributed by atoms with Crippen molar-refractivity contribution < 1.29 is 34.7 Å². The molecule has 1 aliphatic heterocycles. The number of ether oxygens (including phenoxy) is 2. The highest BCUT2D eigenvalue weighted by molar-refractivity contribution is 6.30. The summed E-state index contributed by atoms with van der Waals surface area (Å²) in [6.07, 6.45) is 3.28. The van der Waals surface area contributed by atoms with Gasteiger partial charge >= 0.3 is 5.97 Å². The van der Waals surface area contributed by atoms with Gasteiger partial charge in [0, 0.05) is 24.5 Å². The molecule has 3 rings (SSSR count). The molecule has 36 heavy (non-hydrogen) atoms. The van der Waals surface area contributed by atoms with Gasteiger partial charge in [-0.3, -0.25) is 9.69 Å². The summed E-state index contributed by atoms with van der Waals surface area (Å²) in [7, 11) is 1.89. The van der Waals surface area contributed by atoms with Crippen molar-refractivity contribution in [3.8, 4) is 5.75 Å². The maximum atomic E-state index is 12.0. The molecule has 1 aromatic carbocycles. The van der Waals surface area contributed by atoms with Crippen LogP contribution in [0.4, 0.5) is 0 Å². The number of hydrogen-bond donors (Lipinski definition) is 4. The topological polar surface area (TPSA) is 120 Å². The minimum absolute atomic E-state index is 0.00635. The van der Waals surface area contributed by atoms with Gasteiger partial charge in [0.25, 0.3) is 0 Å². The van der Waals surface area contributed by atoms with Crippen molar-refractivity contribution in [3.63, 3.8) is 0 Å². The lowest BCUT2D eigenvalue weighted by atomic mass is 9.85. The van der Waals surface area contributed by atoms with Crippen molar-refractivity contribution in [1.29, 1.82) is 0 Å². The number of aliphatic hydroxyl groups excluding tert-OH is 4. The predicted molar refractivity (Wildman–Crippen MR) is 137 cm³/mol. The average molecular weight is 528 g/mol. The lowest BCUT2D eigenvalue weighted by Crippen LogP contribution is -2.29. The first kappa shape index (κ1) is 29.1. The second kappa shape index (κ2) is 14.5. The number of esters is 1. The van der Waals surface area contributed by atoms with E-state index in [1.54, 1.807) is 24.3 Å². The Morgan fingerprint density at radius 2 is 1.78 bits per heavy atom. The van der Waals surface area contributed by atoms with Gasteiger partial charge in [-0.2, -0.15) is 0 Å². The first-order valence-electron chi connectivity index (χ1n) is 13.2. The van der Waals surface area contributed by atoms with Crippen LogP contribution in [-0.4, -0.2) is 88.6 Å². The zero-order valence-electron chi connectivity index (χ0n) is 21.2. The Morgan fingerprint density at radius 3 is 2.47 bits per heavy atom. The summed E-state index contributed by atoms with van der Waals surface area (Å²) >= 11 is 5.95. The molecule has 0 spiro atoms. The summed E-state index contributed by atoms with van der Waals surface area (Å²) in [5, 5.41) is 41.8. The number of benzene rings is 1. The summed E-state index contributed by atoms with van der Waals surface area (Å²) < 4.78 is 11.0. The summed E-state index contributed by atoms with van der Waals surface area (Å²) in [5.74, 6) is 0.299. The molecule has 0 radical (unpaired) electrons. The Hall–Kier alpha value is -1.42. The first-order chi connectivity index (χ1) is 17.2. The van der Waals surface area contributed by atoms with Crippen molar-refractivity contribution in [2.24, 2.45) is 11.8 Å². The predicted octanol–water partition coefficient (Wildman–Crippen LogP) is 2.78. The van der Waals surface area contributed by atoms with Gasteiger partial charge in [-0.1, -0.05) is 36.9 Å². The fraction of sp³-hybridized carbons (Fsp3) is 0.741. The molecular formula is C27H42ClNO7. The molecule has 7 atom stereocenters. The molecule has 1 unspecified atom stereocenters. The normalized spacial score (nSPS) is 29.4. The van der Waals surface area contributed by atoms with E-state index >= 15 is 0 Å². The van der Waals surface area contributed by atoms with Gasteiger partial charge in [0.15, 0.2) is 0 Å². The fourth-order valence-corrected chi connectivity index (χ4v) is 5.67. The van der Waals surface area contributed by atoms with Gasteiger partial charge in [0.05, 0.1) is 18.3 Å². The van der Waals surface area contributed by atoms with E-state index in [1.165, 1.54) is 0 Å². The van der Waals surface area contributed by atoms with Gasteiger partial charge in [-0.05, 0) is 69.2 Å². The molecule has 0 amide bonds. The smallest absolute Gasteiger partial charge is 0.306 e. The number of carbonyl (C=O) groups is 1. The van der Waals surface area contributed by atoms with Crippen LogP contribution in [0.25, 0.3) is 0 Å². The second-order valence-corrected chi connectivity index (χ2v) is 10.9. The fourth-order valence-electron chi connectivity index (χ4n) is 5.48. The lowest BCUT2D eigenvalue weighted by Gasteiger charge is -2.24. The van der Waals surface area contributed by atoms with Crippen LogP contribution in [-0.2, 0) is 9.53 Å². The van der Waals surface area contributed by atoms with Crippen LogP contribution >= 0.6 is 11.6 Å². The highest BCUT2D eigenvalue weighted by Gasteiger charge is 2.41. The number of hydrogen-bond acceptors (Lipinski definition) is 8. The van der Waals surface area contributed by atoms with E-state index in [1.807, 2.05) is 11.9 Å². The maximum absolute atomic E-state index is 12.0. The molecule has 0 aromatic heterocycles. The van der Waals surface area contributed by atoms with Gasteiger partial charge in [-0.25, -0.2) is 0 Å². The molecule has 1 saturated heterocycles.